The van der Waals surface area contributed by atoms with Crippen LogP contribution >= 0.6 is 0 Å². The summed E-state index contributed by atoms with van der Waals surface area (Å²) in [6, 6.07) is 16.0. The maximum absolute atomic E-state index is 5.42. The largest absolute Gasteiger partial charge is 0.497 e. The second kappa shape index (κ2) is 7.55. The predicted molar refractivity (Wildman–Crippen MR) is 84.2 cm³/mol. The Balaban J connectivity index is 2.24. The molecule has 0 heterocycles. The van der Waals surface area contributed by atoms with Gasteiger partial charge in [0, 0.05) is 13.2 Å². The van der Waals surface area contributed by atoms with E-state index < -0.39 is 0 Å². The Morgan fingerprint density at radius 3 is 2.33 bits per heavy atom. The van der Waals surface area contributed by atoms with Crippen LogP contribution in [0.5, 0.6) is 11.5 Å². The minimum Gasteiger partial charge on any atom is -0.497 e. The summed E-state index contributed by atoms with van der Waals surface area (Å²) in [4.78, 5) is 0. The summed E-state index contributed by atoms with van der Waals surface area (Å²) in [5, 5.41) is 3.46. The average Bonchev–Trinajstić information content (AvgIpc) is 2.55. The van der Waals surface area contributed by atoms with Crippen LogP contribution < -0.4 is 14.8 Å². The van der Waals surface area contributed by atoms with E-state index in [1.54, 1.807) is 21.3 Å². The van der Waals surface area contributed by atoms with Crippen molar-refractivity contribution in [2.45, 2.75) is 6.04 Å². The standard InChI is InChI=1S/C17H21NO3/c1-19-12-16(13-7-5-4-6-8-13)18-15-10-9-14(20-2)11-17(15)21-3/h4-11,16,18H,12H2,1-3H3. The third-order valence-corrected chi connectivity index (χ3v) is 3.27. The average molecular weight is 287 g/mol. The SMILES string of the molecule is COCC(Nc1ccc(OC)cc1OC)c1ccccc1. The van der Waals surface area contributed by atoms with E-state index in [1.165, 1.54) is 0 Å². The van der Waals surface area contributed by atoms with Gasteiger partial charge in [-0.1, -0.05) is 30.3 Å². The van der Waals surface area contributed by atoms with Crippen LogP contribution in [0.1, 0.15) is 11.6 Å². The molecule has 0 aliphatic carbocycles. The molecule has 4 heteroatoms. The number of benzene rings is 2. The molecule has 0 saturated carbocycles. The van der Waals surface area contributed by atoms with E-state index in [4.69, 9.17) is 14.2 Å². The number of nitrogens with one attached hydrogen (secondary N) is 1. The van der Waals surface area contributed by atoms with E-state index in [1.807, 2.05) is 36.4 Å². The van der Waals surface area contributed by atoms with Crippen molar-refractivity contribution in [2.75, 3.05) is 33.3 Å². The van der Waals surface area contributed by atoms with Crippen LogP contribution in [0.15, 0.2) is 48.5 Å². The molecule has 0 fully saturated rings. The third kappa shape index (κ3) is 3.89. The molecule has 21 heavy (non-hydrogen) atoms. The molecule has 1 atom stereocenters. The molecule has 0 amide bonds. The lowest BCUT2D eigenvalue weighted by atomic mass is 10.1. The summed E-state index contributed by atoms with van der Waals surface area (Å²) in [5.74, 6) is 1.51. The molecule has 2 aromatic rings. The van der Waals surface area contributed by atoms with Gasteiger partial charge in [0.15, 0.2) is 0 Å². The normalized spacial score (nSPS) is 11.8. The zero-order chi connectivity index (χ0) is 15.1. The first-order valence-electron chi connectivity index (χ1n) is 6.81. The Bertz CT molecular complexity index is 557. The zero-order valence-corrected chi connectivity index (χ0v) is 12.6. The highest BCUT2D eigenvalue weighted by Crippen LogP contribution is 2.32. The van der Waals surface area contributed by atoms with Gasteiger partial charge in [0.2, 0.25) is 0 Å². The quantitative estimate of drug-likeness (QED) is 0.846. The monoisotopic (exact) mass is 287 g/mol. The number of anilines is 1. The Labute approximate surface area is 125 Å². The van der Waals surface area contributed by atoms with Crippen molar-refractivity contribution in [3.8, 4) is 11.5 Å². The van der Waals surface area contributed by atoms with Gasteiger partial charge in [-0.3, -0.25) is 0 Å². The number of rotatable bonds is 7. The molecular weight excluding hydrogens is 266 g/mol. The molecule has 0 spiro atoms. The van der Waals surface area contributed by atoms with E-state index in [0.29, 0.717) is 6.61 Å². The van der Waals surface area contributed by atoms with Crippen LogP contribution in [-0.4, -0.2) is 27.9 Å². The number of methoxy groups -OCH3 is 3. The molecule has 0 aliphatic heterocycles. The molecule has 112 valence electrons. The molecule has 4 nitrogen and oxygen atoms in total. The van der Waals surface area contributed by atoms with Crippen molar-refractivity contribution in [2.24, 2.45) is 0 Å². The van der Waals surface area contributed by atoms with Crippen LogP contribution in [-0.2, 0) is 4.74 Å². The maximum Gasteiger partial charge on any atom is 0.145 e. The molecule has 2 rings (SSSR count). The van der Waals surface area contributed by atoms with Gasteiger partial charge in [0.25, 0.3) is 0 Å². The van der Waals surface area contributed by atoms with Crippen LogP contribution in [0.25, 0.3) is 0 Å². The van der Waals surface area contributed by atoms with Gasteiger partial charge < -0.3 is 19.5 Å². The van der Waals surface area contributed by atoms with Gasteiger partial charge in [0.1, 0.15) is 11.5 Å². The van der Waals surface area contributed by atoms with Crippen molar-refractivity contribution in [1.82, 2.24) is 0 Å². The highest BCUT2D eigenvalue weighted by molar-refractivity contribution is 5.60. The van der Waals surface area contributed by atoms with E-state index in [-0.39, 0.29) is 6.04 Å². The van der Waals surface area contributed by atoms with Crippen LogP contribution in [0.3, 0.4) is 0 Å². The van der Waals surface area contributed by atoms with E-state index in [2.05, 4.69) is 17.4 Å². The number of hydrogen-bond donors (Lipinski definition) is 1. The number of ether oxygens (including phenoxy) is 3. The first-order valence-corrected chi connectivity index (χ1v) is 6.81. The summed E-state index contributed by atoms with van der Waals surface area (Å²) in [6.45, 7) is 0.569. The first kappa shape index (κ1) is 15.2. The minimum atomic E-state index is 0.0542. The van der Waals surface area contributed by atoms with Crippen LogP contribution in [0.2, 0.25) is 0 Å². The molecule has 0 aliphatic rings. The fourth-order valence-electron chi connectivity index (χ4n) is 2.18. The van der Waals surface area contributed by atoms with Gasteiger partial charge in [-0.25, -0.2) is 0 Å². The molecule has 1 N–H and O–H groups in total. The summed E-state index contributed by atoms with van der Waals surface area (Å²) in [7, 11) is 4.98. The molecule has 0 radical (unpaired) electrons. The van der Waals surface area contributed by atoms with E-state index in [9.17, 15) is 0 Å². The highest BCUT2D eigenvalue weighted by atomic mass is 16.5. The van der Waals surface area contributed by atoms with Crippen molar-refractivity contribution >= 4 is 5.69 Å². The second-order valence-electron chi connectivity index (χ2n) is 4.63. The third-order valence-electron chi connectivity index (χ3n) is 3.27. The van der Waals surface area contributed by atoms with Crippen molar-refractivity contribution in [3.05, 3.63) is 54.1 Å². The lowest BCUT2D eigenvalue weighted by Gasteiger charge is -2.21. The molecule has 2 aromatic carbocycles. The highest BCUT2D eigenvalue weighted by Gasteiger charge is 2.14. The lowest BCUT2D eigenvalue weighted by Crippen LogP contribution is -2.16. The van der Waals surface area contributed by atoms with Crippen molar-refractivity contribution in [3.63, 3.8) is 0 Å². The summed E-state index contributed by atoms with van der Waals surface area (Å²) in [5.41, 5.74) is 2.07. The molecule has 1 unspecified atom stereocenters. The fourth-order valence-corrected chi connectivity index (χ4v) is 2.18. The molecule has 0 aromatic heterocycles. The number of hydrogen-bond acceptors (Lipinski definition) is 4. The second-order valence-corrected chi connectivity index (χ2v) is 4.63. The van der Waals surface area contributed by atoms with Gasteiger partial charge in [0.05, 0.1) is 32.6 Å². The minimum absolute atomic E-state index is 0.0542. The molecule has 0 bridgehead atoms. The topological polar surface area (TPSA) is 39.7 Å². The summed E-state index contributed by atoms with van der Waals surface area (Å²) in [6.07, 6.45) is 0. The maximum atomic E-state index is 5.42. The van der Waals surface area contributed by atoms with Crippen LogP contribution in [0, 0.1) is 0 Å². The fraction of sp³-hybridized carbons (Fsp3) is 0.294. The van der Waals surface area contributed by atoms with Gasteiger partial charge in [-0.15, -0.1) is 0 Å². The smallest absolute Gasteiger partial charge is 0.145 e. The summed E-state index contributed by atoms with van der Waals surface area (Å²) >= 11 is 0. The lowest BCUT2D eigenvalue weighted by molar-refractivity contribution is 0.186. The Hall–Kier alpha value is -2.20. The Morgan fingerprint density at radius 1 is 0.952 bits per heavy atom. The van der Waals surface area contributed by atoms with Gasteiger partial charge >= 0.3 is 0 Å². The zero-order valence-electron chi connectivity index (χ0n) is 12.6. The van der Waals surface area contributed by atoms with Gasteiger partial charge in [-0.05, 0) is 17.7 Å². The Morgan fingerprint density at radius 2 is 1.71 bits per heavy atom. The Kier molecular flexibility index (Phi) is 5.46. The van der Waals surface area contributed by atoms with Crippen molar-refractivity contribution < 1.29 is 14.2 Å². The molecule has 0 saturated heterocycles. The van der Waals surface area contributed by atoms with E-state index >= 15 is 0 Å². The predicted octanol–water partition coefficient (Wildman–Crippen LogP) is 3.50. The van der Waals surface area contributed by atoms with E-state index in [0.717, 1.165) is 22.7 Å². The first-order chi connectivity index (χ1) is 10.3. The van der Waals surface area contributed by atoms with Gasteiger partial charge in [-0.2, -0.15) is 0 Å². The van der Waals surface area contributed by atoms with Crippen molar-refractivity contribution in [1.29, 1.82) is 0 Å². The summed E-state index contributed by atoms with van der Waals surface area (Å²) < 4.78 is 16.0. The molecular formula is C17H21NO3. The van der Waals surface area contributed by atoms with Crippen LogP contribution in [0.4, 0.5) is 5.69 Å².